The number of H-pyrrole nitrogens is 1. The second-order valence-electron chi connectivity index (χ2n) is 4.33. The maximum atomic E-state index is 12.2. The van der Waals surface area contributed by atoms with Gasteiger partial charge in [0.25, 0.3) is 5.91 Å². The number of aromatic nitrogens is 3. The number of nitrogens with zero attached hydrogens (tertiary/aromatic N) is 2. The molecule has 0 saturated heterocycles. The maximum Gasteiger partial charge on any atom is 0.255 e. The van der Waals surface area contributed by atoms with Gasteiger partial charge in [0.2, 0.25) is 0 Å². The van der Waals surface area contributed by atoms with Crippen LogP contribution in [0, 0.1) is 0 Å². The van der Waals surface area contributed by atoms with Gasteiger partial charge in [0, 0.05) is 24.0 Å². The molecule has 100 valence electrons. The minimum absolute atomic E-state index is 0.194. The Morgan fingerprint density at radius 2 is 2.15 bits per heavy atom. The molecule has 0 aliphatic heterocycles. The number of nitrogens with one attached hydrogen (secondary N) is 2. The molecule has 20 heavy (non-hydrogen) atoms. The minimum atomic E-state index is -0.194. The SMILES string of the molecule is NCc1cc(C(=O)Nc2ccc3nc[nH]c3c2)ccn1. The van der Waals surface area contributed by atoms with Gasteiger partial charge in [-0.25, -0.2) is 4.98 Å². The number of anilines is 1. The Bertz CT molecular complexity index is 765. The van der Waals surface area contributed by atoms with Crippen LogP contribution in [0.5, 0.6) is 0 Å². The van der Waals surface area contributed by atoms with Crippen molar-refractivity contribution >= 4 is 22.6 Å². The predicted octanol–water partition coefficient (Wildman–Crippen LogP) is 1.67. The average Bonchev–Trinajstić information content (AvgIpc) is 2.95. The number of nitrogens with two attached hydrogens (primary N) is 1. The fourth-order valence-electron chi connectivity index (χ4n) is 1.95. The number of carbonyl (C=O) groups excluding carboxylic acids is 1. The Morgan fingerprint density at radius 1 is 1.25 bits per heavy atom. The summed E-state index contributed by atoms with van der Waals surface area (Å²) in [6, 6.07) is 8.84. The first-order chi connectivity index (χ1) is 9.76. The van der Waals surface area contributed by atoms with Crippen molar-refractivity contribution in [1.29, 1.82) is 0 Å². The van der Waals surface area contributed by atoms with E-state index < -0.39 is 0 Å². The first-order valence-corrected chi connectivity index (χ1v) is 6.16. The molecule has 3 aromatic rings. The van der Waals surface area contributed by atoms with Gasteiger partial charge < -0.3 is 16.0 Å². The van der Waals surface area contributed by atoms with Gasteiger partial charge in [-0.3, -0.25) is 9.78 Å². The van der Waals surface area contributed by atoms with Crippen LogP contribution in [0.15, 0.2) is 42.9 Å². The second-order valence-corrected chi connectivity index (χ2v) is 4.33. The van der Waals surface area contributed by atoms with E-state index in [4.69, 9.17) is 5.73 Å². The van der Waals surface area contributed by atoms with Crippen LogP contribution in [0.25, 0.3) is 11.0 Å². The van der Waals surface area contributed by atoms with Crippen molar-refractivity contribution in [1.82, 2.24) is 15.0 Å². The Balaban J connectivity index is 1.83. The van der Waals surface area contributed by atoms with Crippen LogP contribution < -0.4 is 11.1 Å². The number of aromatic amines is 1. The number of rotatable bonds is 3. The van der Waals surface area contributed by atoms with E-state index in [1.807, 2.05) is 18.2 Å². The Hall–Kier alpha value is -2.73. The summed E-state index contributed by atoms with van der Waals surface area (Å²) in [7, 11) is 0. The smallest absolute Gasteiger partial charge is 0.255 e. The summed E-state index contributed by atoms with van der Waals surface area (Å²) in [5.41, 5.74) is 9.17. The number of benzene rings is 1. The van der Waals surface area contributed by atoms with E-state index in [2.05, 4.69) is 20.3 Å². The molecule has 6 heteroatoms. The number of fused-ring (bicyclic) bond motifs is 1. The predicted molar refractivity (Wildman–Crippen MR) is 76.2 cm³/mol. The molecule has 0 aliphatic rings. The van der Waals surface area contributed by atoms with Gasteiger partial charge in [-0.1, -0.05) is 0 Å². The molecular formula is C14H13N5O. The highest BCUT2D eigenvalue weighted by molar-refractivity contribution is 6.04. The molecule has 1 amide bonds. The van der Waals surface area contributed by atoms with Gasteiger partial charge in [0.1, 0.15) is 0 Å². The zero-order valence-electron chi connectivity index (χ0n) is 10.6. The number of hydrogen-bond donors (Lipinski definition) is 3. The average molecular weight is 267 g/mol. The molecule has 0 atom stereocenters. The third-order valence-electron chi connectivity index (χ3n) is 2.97. The summed E-state index contributed by atoms with van der Waals surface area (Å²) in [5.74, 6) is -0.194. The van der Waals surface area contributed by atoms with E-state index in [0.717, 1.165) is 11.0 Å². The topological polar surface area (TPSA) is 96.7 Å². The highest BCUT2D eigenvalue weighted by atomic mass is 16.1. The Morgan fingerprint density at radius 3 is 3.00 bits per heavy atom. The molecule has 1 aromatic carbocycles. The highest BCUT2D eigenvalue weighted by Crippen LogP contribution is 2.16. The van der Waals surface area contributed by atoms with Crippen LogP contribution in [0.1, 0.15) is 16.1 Å². The lowest BCUT2D eigenvalue weighted by atomic mass is 10.2. The monoisotopic (exact) mass is 267 g/mol. The first-order valence-electron chi connectivity index (χ1n) is 6.16. The van der Waals surface area contributed by atoms with Gasteiger partial charge in [-0.05, 0) is 30.3 Å². The summed E-state index contributed by atoms with van der Waals surface area (Å²) in [6.45, 7) is 0.307. The van der Waals surface area contributed by atoms with Crippen LogP contribution in [-0.2, 0) is 6.54 Å². The third kappa shape index (κ3) is 2.36. The van der Waals surface area contributed by atoms with E-state index in [9.17, 15) is 4.79 Å². The molecular weight excluding hydrogens is 254 g/mol. The molecule has 4 N–H and O–H groups in total. The van der Waals surface area contributed by atoms with Crippen molar-refractivity contribution in [2.45, 2.75) is 6.54 Å². The van der Waals surface area contributed by atoms with Crippen molar-refractivity contribution < 1.29 is 4.79 Å². The molecule has 0 fully saturated rings. The second kappa shape index (κ2) is 5.10. The van der Waals surface area contributed by atoms with Gasteiger partial charge in [-0.15, -0.1) is 0 Å². The lowest BCUT2D eigenvalue weighted by molar-refractivity contribution is 0.102. The quantitative estimate of drug-likeness (QED) is 0.672. The molecule has 0 unspecified atom stereocenters. The summed E-state index contributed by atoms with van der Waals surface area (Å²) >= 11 is 0. The van der Waals surface area contributed by atoms with Crippen LogP contribution >= 0.6 is 0 Å². The fraction of sp³-hybridized carbons (Fsp3) is 0.0714. The highest BCUT2D eigenvalue weighted by Gasteiger charge is 2.08. The minimum Gasteiger partial charge on any atom is -0.345 e. The van der Waals surface area contributed by atoms with Gasteiger partial charge in [-0.2, -0.15) is 0 Å². The van der Waals surface area contributed by atoms with Crippen LogP contribution in [0.4, 0.5) is 5.69 Å². The third-order valence-corrected chi connectivity index (χ3v) is 2.97. The number of imidazole rings is 1. The number of carbonyl (C=O) groups is 1. The van der Waals surface area contributed by atoms with Crippen LogP contribution in [0.3, 0.4) is 0 Å². The zero-order valence-corrected chi connectivity index (χ0v) is 10.6. The van der Waals surface area contributed by atoms with Crippen molar-refractivity contribution in [2.75, 3.05) is 5.32 Å². The van der Waals surface area contributed by atoms with E-state index in [1.54, 1.807) is 24.7 Å². The molecule has 2 aromatic heterocycles. The molecule has 0 aliphatic carbocycles. The van der Waals surface area contributed by atoms with E-state index in [0.29, 0.717) is 23.5 Å². The molecule has 3 rings (SSSR count). The summed E-state index contributed by atoms with van der Waals surface area (Å²) in [4.78, 5) is 23.3. The molecule has 0 spiro atoms. The largest absolute Gasteiger partial charge is 0.345 e. The van der Waals surface area contributed by atoms with E-state index in [1.165, 1.54) is 0 Å². The molecule has 0 bridgehead atoms. The van der Waals surface area contributed by atoms with Crippen molar-refractivity contribution in [2.24, 2.45) is 5.73 Å². The standard InChI is InChI=1S/C14H13N5O/c15-7-11-5-9(3-4-16-11)14(20)19-10-1-2-12-13(6-10)18-8-17-12/h1-6,8H,7,15H2,(H,17,18)(H,19,20). The van der Waals surface area contributed by atoms with E-state index in [-0.39, 0.29) is 5.91 Å². The van der Waals surface area contributed by atoms with Crippen molar-refractivity contribution in [3.05, 3.63) is 54.1 Å². The zero-order chi connectivity index (χ0) is 13.9. The van der Waals surface area contributed by atoms with Crippen LogP contribution in [-0.4, -0.2) is 20.9 Å². The summed E-state index contributed by atoms with van der Waals surface area (Å²) < 4.78 is 0. The van der Waals surface area contributed by atoms with Gasteiger partial charge in [0.05, 0.1) is 23.1 Å². The molecule has 2 heterocycles. The number of amides is 1. The fourth-order valence-corrected chi connectivity index (χ4v) is 1.95. The summed E-state index contributed by atoms with van der Waals surface area (Å²) in [5, 5.41) is 2.84. The van der Waals surface area contributed by atoms with Gasteiger partial charge >= 0.3 is 0 Å². The van der Waals surface area contributed by atoms with Gasteiger partial charge in [0.15, 0.2) is 0 Å². The maximum absolute atomic E-state index is 12.2. The first kappa shape index (κ1) is 12.3. The lowest BCUT2D eigenvalue weighted by Gasteiger charge is -2.06. The Kier molecular flexibility index (Phi) is 3.14. The summed E-state index contributed by atoms with van der Waals surface area (Å²) in [6.07, 6.45) is 3.20. The van der Waals surface area contributed by atoms with Crippen molar-refractivity contribution in [3.63, 3.8) is 0 Å². The van der Waals surface area contributed by atoms with Crippen LogP contribution in [0.2, 0.25) is 0 Å². The molecule has 6 nitrogen and oxygen atoms in total. The normalized spacial score (nSPS) is 10.7. The number of hydrogen-bond acceptors (Lipinski definition) is 4. The molecule has 0 saturated carbocycles. The van der Waals surface area contributed by atoms with E-state index >= 15 is 0 Å². The number of pyridine rings is 1. The molecule has 0 radical (unpaired) electrons. The lowest BCUT2D eigenvalue weighted by Crippen LogP contribution is -2.13. The van der Waals surface area contributed by atoms with Crippen molar-refractivity contribution in [3.8, 4) is 0 Å². The Labute approximate surface area is 115 Å².